The predicted octanol–water partition coefficient (Wildman–Crippen LogP) is 4.60. The van der Waals surface area contributed by atoms with E-state index in [9.17, 15) is 0 Å². The van der Waals surface area contributed by atoms with E-state index in [1.165, 1.54) is 6.42 Å². The Bertz CT molecular complexity index is 142. The monoisotopic (exact) mass is 184 g/mol. The van der Waals surface area contributed by atoms with E-state index in [-0.39, 0.29) is 14.9 Å². The van der Waals surface area contributed by atoms with Crippen LogP contribution in [-0.2, 0) is 0 Å². The molecule has 0 amide bonds. The number of hydrogen-bond donors (Lipinski definition) is 0. The fourth-order valence-electron chi connectivity index (χ4n) is 3.24. The van der Waals surface area contributed by atoms with Gasteiger partial charge in [0.25, 0.3) is 0 Å². The quantitative estimate of drug-likeness (QED) is 0.559. The Labute approximate surface area is 85.1 Å². The van der Waals surface area contributed by atoms with Gasteiger partial charge in [0.2, 0.25) is 0 Å². The molecule has 3 aliphatic carbocycles. The van der Waals surface area contributed by atoms with E-state index in [4.69, 9.17) is 0 Å². The molecule has 2 atom stereocenters. The van der Waals surface area contributed by atoms with Crippen molar-refractivity contribution >= 4 is 0 Å². The third kappa shape index (κ3) is 2.08. The molecule has 3 fully saturated rings. The zero-order valence-corrected chi connectivity index (χ0v) is 8.01. The highest BCUT2D eigenvalue weighted by Gasteiger charge is 2.43. The Balaban J connectivity index is 0.000000720. The molecule has 0 saturated heterocycles. The minimum atomic E-state index is 0. The van der Waals surface area contributed by atoms with Crippen LogP contribution >= 0.6 is 0 Å². The van der Waals surface area contributed by atoms with Crippen LogP contribution < -0.4 is 0 Å². The van der Waals surface area contributed by atoms with Crippen molar-refractivity contribution in [3.63, 3.8) is 0 Å². The van der Waals surface area contributed by atoms with Gasteiger partial charge >= 0.3 is 0 Å². The molecule has 2 bridgehead atoms. The molecular weight excluding hydrogens is 156 g/mol. The summed E-state index contributed by atoms with van der Waals surface area (Å²) in [7, 11) is 0. The summed E-state index contributed by atoms with van der Waals surface area (Å²) in [5.41, 5.74) is 0. The maximum atomic E-state index is 2.48. The van der Waals surface area contributed by atoms with E-state index in [1.807, 2.05) is 0 Å². The summed E-state index contributed by atoms with van der Waals surface area (Å²) in [5, 5.41) is 0. The van der Waals surface area contributed by atoms with Crippen LogP contribution in [0.5, 0.6) is 0 Å². The second-order valence-corrected chi connectivity index (χ2v) is 5.10. The first-order valence-electron chi connectivity index (χ1n) is 5.18. The fourth-order valence-corrected chi connectivity index (χ4v) is 3.24. The lowest BCUT2D eigenvalue weighted by Gasteiger charge is -2.51. The average molecular weight is 184 g/mol. The first-order valence-corrected chi connectivity index (χ1v) is 5.18. The molecule has 3 aliphatic rings. The van der Waals surface area contributed by atoms with Crippen LogP contribution in [-0.4, -0.2) is 0 Å². The van der Waals surface area contributed by atoms with Gasteiger partial charge in [-0.3, -0.25) is 0 Å². The third-order valence-electron chi connectivity index (χ3n) is 4.15. The maximum absolute atomic E-state index is 2.48. The van der Waals surface area contributed by atoms with Gasteiger partial charge in [0.05, 0.1) is 0 Å². The van der Waals surface area contributed by atoms with E-state index >= 15 is 0 Å². The summed E-state index contributed by atoms with van der Waals surface area (Å²) in [6.45, 7) is 7.27. The summed E-state index contributed by atoms with van der Waals surface area (Å²) in [6.07, 6.45) is 4.66. The van der Waals surface area contributed by atoms with E-state index in [0.717, 1.165) is 29.6 Å². The molecule has 0 radical (unpaired) electrons. The smallest absolute Gasteiger partial charge is 0.0360 e. The van der Waals surface area contributed by atoms with Gasteiger partial charge in [0.1, 0.15) is 0 Å². The molecule has 2 unspecified atom stereocenters. The maximum Gasteiger partial charge on any atom is -0.0360 e. The lowest BCUT2D eigenvalue weighted by atomic mass is 9.54. The zero-order chi connectivity index (χ0) is 8.01. The second-order valence-electron chi connectivity index (χ2n) is 5.10. The average Bonchev–Trinajstić information content (AvgIpc) is 1.84. The van der Waals surface area contributed by atoms with Crippen molar-refractivity contribution in [1.29, 1.82) is 0 Å². The van der Waals surface area contributed by atoms with Gasteiger partial charge in [0.15, 0.2) is 0 Å². The SMILES string of the molecule is C.C.CC(C)C1CC2CC(C2)C1C. The summed E-state index contributed by atoms with van der Waals surface area (Å²) < 4.78 is 0. The van der Waals surface area contributed by atoms with E-state index < -0.39 is 0 Å². The van der Waals surface area contributed by atoms with Crippen molar-refractivity contribution in [3.8, 4) is 0 Å². The highest BCUT2D eigenvalue weighted by Crippen LogP contribution is 2.53. The molecule has 80 valence electrons. The number of hydrogen-bond acceptors (Lipinski definition) is 0. The summed E-state index contributed by atoms with van der Waals surface area (Å²) in [5.74, 6) is 5.24. The predicted molar refractivity (Wildman–Crippen MR) is 61.8 cm³/mol. The molecule has 0 aliphatic heterocycles. The lowest BCUT2D eigenvalue weighted by molar-refractivity contribution is -0.0119. The van der Waals surface area contributed by atoms with Crippen molar-refractivity contribution in [2.75, 3.05) is 0 Å². The third-order valence-corrected chi connectivity index (χ3v) is 4.15. The molecule has 3 saturated carbocycles. The molecule has 0 aromatic carbocycles. The molecule has 3 rings (SSSR count). The molecule has 0 nitrogen and oxygen atoms in total. The van der Waals surface area contributed by atoms with Crippen molar-refractivity contribution in [3.05, 3.63) is 0 Å². The van der Waals surface area contributed by atoms with Crippen LogP contribution in [0.4, 0.5) is 0 Å². The fraction of sp³-hybridized carbons (Fsp3) is 1.00. The van der Waals surface area contributed by atoms with Crippen molar-refractivity contribution in [2.45, 2.75) is 54.9 Å². The van der Waals surface area contributed by atoms with Crippen molar-refractivity contribution in [2.24, 2.45) is 29.6 Å². The van der Waals surface area contributed by atoms with Gasteiger partial charge in [-0.2, -0.15) is 0 Å². The largest absolute Gasteiger partial charge is 0.0776 e. The van der Waals surface area contributed by atoms with Gasteiger partial charge < -0.3 is 0 Å². The molecule has 0 heteroatoms. The van der Waals surface area contributed by atoms with Crippen molar-refractivity contribution < 1.29 is 0 Å². The Hall–Kier alpha value is 0. The summed E-state index contributed by atoms with van der Waals surface area (Å²) in [4.78, 5) is 0. The normalized spacial score (nSPS) is 41.5. The molecule has 0 aromatic heterocycles. The Morgan fingerprint density at radius 3 is 1.85 bits per heavy atom. The second kappa shape index (κ2) is 4.48. The Morgan fingerprint density at radius 1 is 1.00 bits per heavy atom. The van der Waals surface area contributed by atoms with E-state index in [0.29, 0.717) is 0 Å². The Morgan fingerprint density at radius 2 is 1.54 bits per heavy atom. The van der Waals surface area contributed by atoms with E-state index in [1.54, 1.807) is 12.8 Å². The van der Waals surface area contributed by atoms with E-state index in [2.05, 4.69) is 20.8 Å². The summed E-state index contributed by atoms with van der Waals surface area (Å²) in [6, 6.07) is 0. The molecular formula is C13H28. The van der Waals surface area contributed by atoms with Gasteiger partial charge in [-0.25, -0.2) is 0 Å². The molecule has 0 N–H and O–H groups in total. The zero-order valence-electron chi connectivity index (χ0n) is 8.01. The highest BCUT2D eigenvalue weighted by molar-refractivity contribution is 4.93. The van der Waals surface area contributed by atoms with Gasteiger partial charge in [0, 0.05) is 0 Å². The van der Waals surface area contributed by atoms with Crippen LogP contribution in [0, 0.1) is 29.6 Å². The van der Waals surface area contributed by atoms with Crippen LogP contribution in [0.15, 0.2) is 0 Å². The minimum Gasteiger partial charge on any atom is -0.0776 e. The molecule has 0 spiro atoms. The van der Waals surface area contributed by atoms with Crippen molar-refractivity contribution in [1.82, 2.24) is 0 Å². The molecule has 13 heavy (non-hydrogen) atoms. The topological polar surface area (TPSA) is 0 Å². The van der Waals surface area contributed by atoms with Crippen LogP contribution in [0.2, 0.25) is 0 Å². The van der Waals surface area contributed by atoms with Gasteiger partial charge in [-0.1, -0.05) is 35.6 Å². The van der Waals surface area contributed by atoms with Gasteiger partial charge in [-0.15, -0.1) is 0 Å². The standard InChI is InChI=1S/C11H20.2CH4/c1-7(2)11-6-9-4-10(5-9)8(11)3;;/h7-11H,4-6H2,1-3H3;2*1H4. The minimum absolute atomic E-state index is 0. The first-order chi connectivity index (χ1) is 5.18. The number of fused-ring (bicyclic) bond motifs is 2. The highest BCUT2D eigenvalue weighted by atomic mass is 14.5. The number of rotatable bonds is 1. The lowest BCUT2D eigenvalue weighted by Crippen LogP contribution is -2.42. The van der Waals surface area contributed by atoms with Gasteiger partial charge in [-0.05, 0) is 48.9 Å². The summed E-state index contributed by atoms with van der Waals surface area (Å²) >= 11 is 0. The molecule has 0 heterocycles. The van der Waals surface area contributed by atoms with Crippen LogP contribution in [0.1, 0.15) is 54.9 Å². The Kier molecular flexibility index (Phi) is 4.48. The first kappa shape index (κ1) is 13.0. The van der Waals surface area contributed by atoms with Crippen LogP contribution in [0.3, 0.4) is 0 Å². The van der Waals surface area contributed by atoms with Crippen LogP contribution in [0.25, 0.3) is 0 Å². The molecule has 0 aromatic rings.